The smallest absolute Gasteiger partial charge is 0.262 e. The van der Waals surface area contributed by atoms with E-state index in [0.29, 0.717) is 33.4 Å². The highest BCUT2D eigenvalue weighted by Gasteiger charge is 2.20. The predicted molar refractivity (Wildman–Crippen MR) is 104 cm³/mol. The average Bonchev–Trinajstić information content (AvgIpc) is 3.16. The van der Waals surface area contributed by atoms with Gasteiger partial charge in [0, 0.05) is 23.6 Å². The zero-order valence-electron chi connectivity index (χ0n) is 14.1. The van der Waals surface area contributed by atoms with E-state index in [2.05, 4.69) is 4.98 Å². The molecule has 0 spiro atoms. The minimum absolute atomic E-state index is 0.0503. The topological polar surface area (TPSA) is 57.0 Å². The first-order valence-electron chi connectivity index (χ1n) is 8.55. The van der Waals surface area contributed by atoms with Crippen LogP contribution in [0.15, 0.2) is 52.5 Å². The Labute approximate surface area is 160 Å². The summed E-state index contributed by atoms with van der Waals surface area (Å²) in [5.74, 6) is 0.644. The van der Waals surface area contributed by atoms with Gasteiger partial charge < -0.3 is 4.74 Å². The van der Waals surface area contributed by atoms with Crippen LogP contribution in [-0.2, 0) is 17.0 Å². The molecule has 7 heteroatoms. The van der Waals surface area contributed by atoms with Gasteiger partial charge in [-0.05, 0) is 43.2 Å². The number of halogens is 1. The fourth-order valence-corrected chi connectivity index (χ4v) is 4.15. The highest BCUT2D eigenvalue weighted by atomic mass is 35.5. The second-order valence-corrected chi connectivity index (χ2v) is 7.60. The van der Waals surface area contributed by atoms with Crippen molar-refractivity contribution in [1.29, 1.82) is 0 Å². The van der Waals surface area contributed by atoms with Crippen molar-refractivity contribution >= 4 is 34.3 Å². The minimum Gasteiger partial charge on any atom is -0.376 e. The maximum atomic E-state index is 13.1. The van der Waals surface area contributed by atoms with Crippen molar-refractivity contribution in [2.24, 2.45) is 0 Å². The second kappa shape index (κ2) is 7.78. The number of rotatable bonds is 5. The zero-order valence-corrected chi connectivity index (χ0v) is 15.7. The summed E-state index contributed by atoms with van der Waals surface area (Å²) in [5, 5.41) is 1.82. The molecular weight excluding hydrogens is 370 g/mol. The first-order chi connectivity index (χ1) is 12.7. The molecule has 1 fully saturated rings. The first kappa shape index (κ1) is 17.5. The Bertz CT molecular complexity index is 972. The Kier molecular flexibility index (Phi) is 5.24. The molecule has 0 bridgehead atoms. The third-order valence-corrected chi connectivity index (χ3v) is 5.61. The summed E-state index contributed by atoms with van der Waals surface area (Å²) in [6, 6.07) is 11.0. The summed E-state index contributed by atoms with van der Waals surface area (Å²) in [6.07, 6.45) is 3.83. The number of thioether (sulfide) groups is 1. The van der Waals surface area contributed by atoms with Crippen LogP contribution in [0.4, 0.5) is 0 Å². The fourth-order valence-electron chi connectivity index (χ4n) is 3.06. The van der Waals surface area contributed by atoms with E-state index in [1.807, 2.05) is 18.2 Å². The van der Waals surface area contributed by atoms with E-state index >= 15 is 0 Å². The van der Waals surface area contributed by atoms with Crippen molar-refractivity contribution in [1.82, 2.24) is 14.5 Å². The number of hydrogen-bond donors (Lipinski definition) is 0. The van der Waals surface area contributed by atoms with Gasteiger partial charge in [0.25, 0.3) is 5.56 Å². The van der Waals surface area contributed by atoms with E-state index < -0.39 is 0 Å². The SMILES string of the molecule is O=c1c2ccc(Cl)cc2nc(SCc2ccccn2)n1C[C@H]1CCCO1. The highest BCUT2D eigenvalue weighted by molar-refractivity contribution is 7.98. The molecule has 5 nitrogen and oxygen atoms in total. The summed E-state index contributed by atoms with van der Waals surface area (Å²) in [7, 11) is 0. The van der Waals surface area contributed by atoms with Crippen LogP contribution in [0, 0.1) is 0 Å². The minimum atomic E-state index is -0.0503. The lowest BCUT2D eigenvalue weighted by Gasteiger charge is -2.16. The summed E-state index contributed by atoms with van der Waals surface area (Å²) < 4.78 is 7.47. The van der Waals surface area contributed by atoms with Crippen LogP contribution in [-0.4, -0.2) is 27.2 Å². The summed E-state index contributed by atoms with van der Waals surface area (Å²) in [4.78, 5) is 22.1. The average molecular weight is 388 g/mol. The predicted octanol–water partition coefficient (Wildman–Crippen LogP) is 3.92. The molecule has 1 atom stereocenters. The first-order valence-corrected chi connectivity index (χ1v) is 9.91. The number of benzene rings is 1. The molecule has 26 heavy (non-hydrogen) atoms. The van der Waals surface area contributed by atoms with Gasteiger partial charge in [-0.15, -0.1) is 0 Å². The van der Waals surface area contributed by atoms with Crippen LogP contribution in [0.5, 0.6) is 0 Å². The fraction of sp³-hybridized carbons (Fsp3) is 0.316. The van der Waals surface area contributed by atoms with Crippen LogP contribution < -0.4 is 5.56 Å². The number of fused-ring (bicyclic) bond motifs is 1. The van der Waals surface area contributed by atoms with Crippen molar-refractivity contribution in [3.05, 3.63) is 63.7 Å². The molecular formula is C19H18ClN3O2S. The standard InChI is InChI=1S/C19H18ClN3O2S/c20-13-6-7-16-17(10-13)22-19(26-12-14-4-1-2-8-21-14)23(18(16)24)11-15-5-3-9-25-15/h1-2,4,6-8,10,15H,3,5,9,11-12H2/t15-/m1/s1. The van der Waals surface area contributed by atoms with E-state index in [1.54, 1.807) is 29.0 Å². The van der Waals surface area contributed by atoms with E-state index in [-0.39, 0.29) is 11.7 Å². The molecule has 2 aromatic heterocycles. The summed E-state index contributed by atoms with van der Waals surface area (Å²) in [6.45, 7) is 1.28. The Balaban J connectivity index is 1.72. The van der Waals surface area contributed by atoms with Gasteiger partial charge in [0.1, 0.15) is 0 Å². The van der Waals surface area contributed by atoms with Gasteiger partial charge in [0.2, 0.25) is 0 Å². The number of aromatic nitrogens is 3. The third-order valence-electron chi connectivity index (χ3n) is 4.37. The van der Waals surface area contributed by atoms with E-state index in [4.69, 9.17) is 21.3 Å². The van der Waals surface area contributed by atoms with Gasteiger partial charge >= 0.3 is 0 Å². The maximum Gasteiger partial charge on any atom is 0.262 e. The molecule has 1 aliphatic rings. The number of nitrogens with zero attached hydrogens (tertiary/aromatic N) is 3. The normalized spacial score (nSPS) is 17.0. The molecule has 0 unspecified atom stereocenters. The summed E-state index contributed by atoms with van der Waals surface area (Å²) >= 11 is 7.60. The number of pyridine rings is 1. The molecule has 1 aliphatic heterocycles. The maximum absolute atomic E-state index is 13.1. The Hall–Kier alpha value is -1.89. The monoisotopic (exact) mass is 387 g/mol. The number of hydrogen-bond acceptors (Lipinski definition) is 5. The highest BCUT2D eigenvalue weighted by Crippen LogP contribution is 2.24. The Morgan fingerprint density at radius 1 is 1.31 bits per heavy atom. The molecule has 3 heterocycles. The van der Waals surface area contributed by atoms with E-state index in [9.17, 15) is 4.79 Å². The van der Waals surface area contributed by atoms with Crippen LogP contribution in [0.2, 0.25) is 5.02 Å². The van der Waals surface area contributed by atoms with Crippen LogP contribution in [0.3, 0.4) is 0 Å². The molecule has 4 rings (SSSR count). The van der Waals surface area contributed by atoms with E-state index in [0.717, 1.165) is 25.1 Å². The zero-order chi connectivity index (χ0) is 17.9. The van der Waals surface area contributed by atoms with E-state index in [1.165, 1.54) is 11.8 Å². The molecule has 1 saturated heterocycles. The molecule has 3 aromatic rings. The lowest BCUT2D eigenvalue weighted by molar-refractivity contribution is 0.0937. The van der Waals surface area contributed by atoms with Crippen LogP contribution in [0.1, 0.15) is 18.5 Å². The molecule has 0 saturated carbocycles. The summed E-state index contributed by atoms with van der Waals surface area (Å²) in [5.41, 5.74) is 1.52. The van der Waals surface area contributed by atoms with Crippen LogP contribution in [0.25, 0.3) is 10.9 Å². The molecule has 134 valence electrons. The van der Waals surface area contributed by atoms with Gasteiger partial charge in [0.05, 0.1) is 29.2 Å². The lowest BCUT2D eigenvalue weighted by Crippen LogP contribution is -2.28. The van der Waals surface area contributed by atoms with Crippen molar-refractivity contribution in [2.45, 2.75) is 36.4 Å². The van der Waals surface area contributed by atoms with Crippen molar-refractivity contribution < 1.29 is 4.74 Å². The van der Waals surface area contributed by atoms with Crippen molar-refractivity contribution in [3.63, 3.8) is 0 Å². The Morgan fingerprint density at radius 3 is 3.00 bits per heavy atom. The molecule has 0 N–H and O–H groups in total. The van der Waals surface area contributed by atoms with Crippen LogP contribution >= 0.6 is 23.4 Å². The third kappa shape index (κ3) is 3.77. The lowest BCUT2D eigenvalue weighted by atomic mass is 10.2. The molecule has 0 radical (unpaired) electrons. The van der Waals surface area contributed by atoms with Gasteiger partial charge in [-0.2, -0.15) is 0 Å². The second-order valence-electron chi connectivity index (χ2n) is 6.22. The molecule has 0 amide bonds. The van der Waals surface area contributed by atoms with Crippen molar-refractivity contribution in [3.8, 4) is 0 Å². The number of ether oxygens (including phenoxy) is 1. The van der Waals surface area contributed by atoms with Gasteiger partial charge in [-0.1, -0.05) is 29.4 Å². The quantitative estimate of drug-likeness (QED) is 0.490. The molecule has 1 aromatic carbocycles. The van der Waals surface area contributed by atoms with Crippen molar-refractivity contribution in [2.75, 3.05) is 6.61 Å². The van der Waals surface area contributed by atoms with Gasteiger partial charge in [-0.25, -0.2) is 4.98 Å². The largest absolute Gasteiger partial charge is 0.376 e. The van der Waals surface area contributed by atoms with Gasteiger partial charge in [-0.3, -0.25) is 14.3 Å². The van der Waals surface area contributed by atoms with Gasteiger partial charge in [0.15, 0.2) is 5.16 Å². The Morgan fingerprint density at radius 2 is 2.23 bits per heavy atom. The molecule has 0 aliphatic carbocycles.